The summed E-state index contributed by atoms with van der Waals surface area (Å²) in [5.41, 5.74) is 0. The Balaban J connectivity index is 1.53. The van der Waals surface area contributed by atoms with Crippen LogP contribution < -0.4 is 5.32 Å². The van der Waals surface area contributed by atoms with Crippen molar-refractivity contribution in [2.24, 2.45) is 0 Å². The van der Waals surface area contributed by atoms with E-state index in [-0.39, 0.29) is 0 Å². The molecule has 1 heterocycles. The summed E-state index contributed by atoms with van der Waals surface area (Å²) in [5, 5.41) is 3.32. The molecule has 1 aromatic heterocycles. The van der Waals surface area contributed by atoms with Gasteiger partial charge in [0.1, 0.15) is 5.76 Å². The van der Waals surface area contributed by atoms with E-state index in [1.54, 1.807) is 6.26 Å². The first-order chi connectivity index (χ1) is 8.36. The second kappa shape index (κ2) is 7.19. The molecular formula is C13H20BrNO2. The molecule has 1 N–H and O–H groups in total. The van der Waals surface area contributed by atoms with Crippen LogP contribution in [0.3, 0.4) is 0 Å². The van der Waals surface area contributed by atoms with Gasteiger partial charge in [-0.05, 0) is 34.8 Å². The van der Waals surface area contributed by atoms with Crippen LogP contribution in [0.5, 0.6) is 0 Å². The average molecular weight is 302 g/mol. The smallest absolute Gasteiger partial charge is 0.131 e. The molecule has 0 aliphatic heterocycles. The Morgan fingerprint density at radius 1 is 1.35 bits per heavy atom. The topological polar surface area (TPSA) is 34.4 Å². The molecule has 1 aliphatic carbocycles. The molecule has 4 heteroatoms. The Kier molecular flexibility index (Phi) is 5.55. The fourth-order valence-electron chi connectivity index (χ4n) is 2.18. The van der Waals surface area contributed by atoms with Crippen molar-refractivity contribution in [3.8, 4) is 0 Å². The summed E-state index contributed by atoms with van der Waals surface area (Å²) in [6.07, 6.45) is 8.72. The summed E-state index contributed by atoms with van der Waals surface area (Å²) in [7, 11) is 0. The van der Waals surface area contributed by atoms with Crippen molar-refractivity contribution in [2.75, 3.05) is 13.2 Å². The third-order valence-electron chi connectivity index (χ3n) is 3.16. The summed E-state index contributed by atoms with van der Waals surface area (Å²) >= 11 is 3.43. The molecule has 0 amide bonds. The van der Waals surface area contributed by atoms with Crippen molar-refractivity contribution in [3.63, 3.8) is 0 Å². The van der Waals surface area contributed by atoms with Crippen LogP contribution in [0.25, 0.3) is 0 Å². The molecular weight excluding hydrogens is 282 g/mol. The van der Waals surface area contributed by atoms with Gasteiger partial charge in [0.2, 0.25) is 0 Å². The first kappa shape index (κ1) is 13.1. The third kappa shape index (κ3) is 4.45. The van der Waals surface area contributed by atoms with Crippen LogP contribution in [0.2, 0.25) is 0 Å². The zero-order chi connectivity index (χ0) is 11.9. The largest absolute Gasteiger partial charge is 0.467 e. The van der Waals surface area contributed by atoms with Gasteiger partial charge < -0.3 is 14.5 Å². The van der Waals surface area contributed by atoms with Gasteiger partial charge in [-0.15, -0.1) is 0 Å². The first-order valence-corrected chi connectivity index (χ1v) is 7.20. The van der Waals surface area contributed by atoms with Gasteiger partial charge in [-0.1, -0.05) is 19.3 Å². The Bertz CT molecular complexity index is 321. The SMILES string of the molecule is Brc1ccoc1CNCCOC1CCCCC1. The Labute approximate surface area is 111 Å². The molecule has 0 saturated heterocycles. The van der Waals surface area contributed by atoms with Gasteiger partial charge in [-0.3, -0.25) is 0 Å². The molecule has 0 bridgehead atoms. The highest BCUT2D eigenvalue weighted by atomic mass is 79.9. The van der Waals surface area contributed by atoms with Crippen LogP contribution in [-0.2, 0) is 11.3 Å². The van der Waals surface area contributed by atoms with Crippen LogP contribution in [-0.4, -0.2) is 19.3 Å². The van der Waals surface area contributed by atoms with Gasteiger partial charge in [-0.25, -0.2) is 0 Å². The van der Waals surface area contributed by atoms with E-state index in [0.29, 0.717) is 6.10 Å². The van der Waals surface area contributed by atoms with E-state index in [1.807, 2.05) is 6.07 Å². The van der Waals surface area contributed by atoms with E-state index in [1.165, 1.54) is 32.1 Å². The summed E-state index contributed by atoms with van der Waals surface area (Å²) in [6.45, 7) is 2.42. The Hall–Kier alpha value is -0.320. The maximum absolute atomic E-state index is 5.83. The lowest BCUT2D eigenvalue weighted by atomic mass is 9.98. The van der Waals surface area contributed by atoms with Crippen LogP contribution >= 0.6 is 15.9 Å². The maximum Gasteiger partial charge on any atom is 0.131 e. The number of hydrogen-bond acceptors (Lipinski definition) is 3. The third-order valence-corrected chi connectivity index (χ3v) is 3.87. The monoisotopic (exact) mass is 301 g/mol. The van der Waals surface area contributed by atoms with Crippen molar-refractivity contribution in [2.45, 2.75) is 44.8 Å². The normalized spacial score (nSPS) is 17.5. The fraction of sp³-hybridized carbons (Fsp3) is 0.692. The van der Waals surface area contributed by atoms with Crippen molar-refractivity contribution in [1.29, 1.82) is 0 Å². The quantitative estimate of drug-likeness (QED) is 0.817. The standard InChI is InChI=1S/C13H20BrNO2/c14-12-6-8-17-13(12)10-15-7-9-16-11-4-2-1-3-5-11/h6,8,11,15H,1-5,7,9-10H2. The van der Waals surface area contributed by atoms with Crippen molar-refractivity contribution >= 4 is 15.9 Å². The molecule has 96 valence electrons. The number of furan rings is 1. The first-order valence-electron chi connectivity index (χ1n) is 6.40. The highest BCUT2D eigenvalue weighted by molar-refractivity contribution is 9.10. The average Bonchev–Trinajstić information content (AvgIpc) is 2.76. The molecule has 3 nitrogen and oxygen atoms in total. The van der Waals surface area contributed by atoms with Crippen LogP contribution in [0.15, 0.2) is 21.2 Å². The highest BCUT2D eigenvalue weighted by Crippen LogP contribution is 2.20. The van der Waals surface area contributed by atoms with Crippen LogP contribution in [0.1, 0.15) is 37.9 Å². The Morgan fingerprint density at radius 3 is 2.88 bits per heavy atom. The minimum atomic E-state index is 0.501. The molecule has 1 fully saturated rings. The lowest BCUT2D eigenvalue weighted by Gasteiger charge is -2.21. The van der Waals surface area contributed by atoms with Gasteiger partial charge in [-0.2, -0.15) is 0 Å². The second-order valence-corrected chi connectivity index (χ2v) is 5.35. The predicted molar refractivity (Wildman–Crippen MR) is 70.9 cm³/mol. The number of nitrogens with one attached hydrogen (secondary N) is 1. The number of rotatable bonds is 6. The Morgan fingerprint density at radius 2 is 2.18 bits per heavy atom. The van der Waals surface area contributed by atoms with E-state index >= 15 is 0 Å². The molecule has 2 rings (SSSR count). The minimum Gasteiger partial charge on any atom is -0.467 e. The maximum atomic E-state index is 5.83. The van der Waals surface area contributed by atoms with Crippen molar-refractivity contribution < 1.29 is 9.15 Å². The van der Waals surface area contributed by atoms with E-state index in [9.17, 15) is 0 Å². The zero-order valence-electron chi connectivity index (χ0n) is 10.1. The number of halogens is 1. The van der Waals surface area contributed by atoms with E-state index < -0.39 is 0 Å². The molecule has 17 heavy (non-hydrogen) atoms. The molecule has 1 aliphatic rings. The van der Waals surface area contributed by atoms with Crippen molar-refractivity contribution in [3.05, 3.63) is 22.6 Å². The summed E-state index contributed by atoms with van der Waals surface area (Å²) in [4.78, 5) is 0. The summed E-state index contributed by atoms with van der Waals surface area (Å²) in [6, 6.07) is 1.91. The van der Waals surface area contributed by atoms with Crippen LogP contribution in [0, 0.1) is 0 Å². The zero-order valence-corrected chi connectivity index (χ0v) is 11.7. The number of hydrogen-bond donors (Lipinski definition) is 1. The molecule has 1 aromatic rings. The van der Waals surface area contributed by atoms with Gasteiger partial charge in [0.25, 0.3) is 0 Å². The summed E-state index contributed by atoms with van der Waals surface area (Å²) < 4.78 is 12.2. The predicted octanol–water partition coefficient (Wildman–Crippen LogP) is 3.48. The lowest BCUT2D eigenvalue weighted by Crippen LogP contribution is -2.24. The molecule has 0 aromatic carbocycles. The number of ether oxygens (including phenoxy) is 1. The molecule has 0 radical (unpaired) electrons. The van der Waals surface area contributed by atoms with Gasteiger partial charge in [0.15, 0.2) is 0 Å². The molecule has 0 spiro atoms. The van der Waals surface area contributed by atoms with Crippen LogP contribution in [0.4, 0.5) is 0 Å². The minimum absolute atomic E-state index is 0.501. The molecule has 0 atom stereocenters. The lowest BCUT2D eigenvalue weighted by molar-refractivity contribution is 0.0301. The van der Waals surface area contributed by atoms with E-state index in [4.69, 9.17) is 9.15 Å². The fourth-order valence-corrected chi connectivity index (χ4v) is 2.52. The molecule has 0 unspecified atom stereocenters. The molecule has 1 saturated carbocycles. The van der Waals surface area contributed by atoms with Gasteiger partial charge in [0, 0.05) is 6.54 Å². The second-order valence-electron chi connectivity index (χ2n) is 4.50. The van der Waals surface area contributed by atoms with E-state index in [0.717, 1.165) is 29.9 Å². The van der Waals surface area contributed by atoms with Gasteiger partial charge in [0.05, 0.1) is 30.0 Å². The van der Waals surface area contributed by atoms with Gasteiger partial charge >= 0.3 is 0 Å². The van der Waals surface area contributed by atoms with Crippen molar-refractivity contribution in [1.82, 2.24) is 5.32 Å². The summed E-state index contributed by atoms with van der Waals surface area (Å²) in [5.74, 6) is 0.947. The highest BCUT2D eigenvalue weighted by Gasteiger charge is 2.12. The van der Waals surface area contributed by atoms with E-state index in [2.05, 4.69) is 21.2 Å².